The smallest absolute Gasteiger partial charge is 0.306 e. The molecule has 0 aliphatic carbocycles. The van der Waals surface area contributed by atoms with Gasteiger partial charge >= 0.3 is 5.69 Å². The average Bonchev–Trinajstić information content (AvgIpc) is 2.97. The molecule has 3 aromatic rings. The number of nitrogens with zero attached hydrogens (tertiary/aromatic N) is 2. The third-order valence-electron chi connectivity index (χ3n) is 3.13. The number of anilines is 1. The molecular weight excluding hydrogens is 335 g/mol. The molecule has 0 bridgehead atoms. The molecule has 1 heterocycles. The summed E-state index contributed by atoms with van der Waals surface area (Å²) in [5.41, 5.74) is 1.15. The lowest BCUT2D eigenvalue weighted by molar-refractivity contribution is -0.387. The van der Waals surface area contributed by atoms with Crippen LogP contribution in [0.25, 0.3) is 11.0 Å². The molecule has 3 rings (SSSR count). The maximum atomic E-state index is 13.3. The zero-order valence-corrected chi connectivity index (χ0v) is 13.0. The van der Waals surface area contributed by atoms with Crippen molar-refractivity contribution in [1.29, 1.82) is 0 Å². The van der Waals surface area contributed by atoms with Crippen molar-refractivity contribution in [3.05, 3.63) is 58.4 Å². The minimum absolute atomic E-state index is 0.0605. The molecule has 2 N–H and O–H groups in total. The first kappa shape index (κ1) is 15.9. The van der Waals surface area contributed by atoms with E-state index in [4.69, 9.17) is 0 Å². The van der Waals surface area contributed by atoms with Crippen molar-refractivity contribution in [3.8, 4) is 0 Å². The number of rotatable bonds is 5. The highest BCUT2D eigenvalue weighted by atomic mass is 32.2. The Balaban J connectivity index is 1.63. The summed E-state index contributed by atoms with van der Waals surface area (Å²) in [5.74, 6) is -1.26. The van der Waals surface area contributed by atoms with E-state index in [1.807, 2.05) is 24.3 Å². The molecule has 122 valence electrons. The molecule has 0 atom stereocenters. The molecule has 24 heavy (non-hydrogen) atoms. The fourth-order valence-electron chi connectivity index (χ4n) is 2.06. The monoisotopic (exact) mass is 346 g/mol. The molecule has 0 spiro atoms. The lowest BCUT2D eigenvalue weighted by Crippen LogP contribution is -2.14. The van der Waals surface area contributed by atoms with E-state index in [1.54, 1.807) is 0 Å². The number of fused-ring (bicyclic) bond motifs is 1. The number of nitro groups is 1. The maximum Gasteiger partial charge on any atom is 0.306 e. The van der Waals surface area contributed by atoms with Gasteiger partial charge < -0.3 is 10.3 Å². The molecule has 2 aromatic carbocycles. The molecular formula is C15H11FN4O3S. The van der Waals surface area contributed by atoms with Gasteiger partial charge in [0.15, 0.2) is 5.16 Å². The molecule has 1 aromatic heterocycles. The van der Waals surface area contributed by atoms with Crippen LogP contribution < -0.4 is 5.32 Å². The van der Waals surface area contributed by atoms with Crippen LogP contribution in [0.3, 0.4) is 0 Å². The van der Waals surface area contributed by atoms with Gasteiger partial charge in [-0.15, -0.1) is 0 Å². The van der Waals surface area contributed by atoms with Crippen LogP contribution in [0.2, 0.25) is 0 Å². The fraction of sp³-hybridized carbons (Fsp3) is 0.0667. The van der Waals surface area contributed by atoms with Crippen LogP contribution in [0, 0.1) is 15.9 Å². The second-order valence-corrected chi connectivity index (χ2v) is 5.78. The molecule has 9 heteroatoms. The summed E-state index contributed by atoms with van der Waals surface area (Å²) >= 11 is 1.20. The Morgan fingerprint density at radius 3 is 2.88 bits per heavy atom. The number of para-hydroxylation sites is 2. The van der Waals surface area contributed by atoms with Crippen molar-refractivity contribution in [1.82, 2.24) is 9.97 Å². The Labute approximate surface area is 139 Å². The van der Waals surface area contributed by atoms with E-state index in [0.717, 1.165) is 23.2 Å². The molecule has 1 amide bonds. The van der Waals surface area contributed by atoms with E-state index in [1.165, 1.54) is 17.8 Å². The Kier molecular flexibility index (Phi) is 4.43. The van der Waals surface area contributed by atoms with Gasteiger partial charge in [-0.2, -0.15) is 4.39 Å². The number of nitrogens with one attached hydrogen (secondary N) is 2. The number of benzene rings is 2. The highest BCUT2D eigenvalue weighted by molar-refractivity contribution is 7.99. The SMILES string of the molecule is O=C(CSc1nc2ccccc2[nH]1)Nc1ccc(F)c([N+](=O)[O-])c1. The maximum absolute atomic E-state index is 13.3. The van der Waals surface area contributed by atoms with Gasteiger partial charge in [0.1, 0.15) is 0 Å². The van der Waals surface area contributed by atoms with Crippen molar-refractivity contribution in [2.24, 2.45) is 0 Å². The Hall–Kier alpha value is -2.94. The quantitative estimate of drug-likeness (QED) is 0.419. The van der Waals surface area contributed by atoms with Gasteiger partial charge in [0.25, 0.3) is 0 Å². The second-order valence-electron chi connectivity index (χ2n) is 4.82. The van der Waals surface area contributed by atoms with Crippen LogP contribution in [0.5, 0.6) is 0 Å². The number of carbonyl (C=O) groups is 1. The van der Waals surface area contributed by atoms with Gasteiger partial charge in [-0.1, -0.05) is 23.9 Å². The summed E-state index contributed by atoms with van der Waals surface area (Å²) < 4.78 is 13.3. The zero-order valence-electron chi connectivity index (χ0n) is 12.2. The molecule has 0 radical (unpaired) electrons. The number of amides is 1. The first-order chi connectivity index (χ1) is 11.5. The number of imidazole rings is 1. The van der Waals surface area contributed by atoms with Crippen LogP contribution in [-0.4, -0.2) is 26.6 Å². The van der Waals surface area contributed by atoms with Crippen molar-refractivity contribution in [3.63, 3.8) is 0 Å². The van der Waals surface area contributed by atoms with E-state index in [0.29, 0.717) is 5.16 Å². The Morgan fingerprint density at radius 1 is 1.33 bits per heavy atom. The van der Waals surface area contributed by atoms with E-state index >= 15 is 0 Å². The van der Waals surface area contributed by atoms with Crippen LogP contribution >= 0.6 is 11.8 Å². The predicted molar refractivity (Wildman–Crippen MR) is 88.5 cm³/mol. The van der Waals surface area contributed by atoms with Gasteiger partial charge in [-0.25, -0.2) is 4.98 Å². The van der Waals surface area contributed by atoms with Crippen LogP contribution in [-0.2, 0) is 4.79 Å². The second kappa shape index (κ2) is 6.67. The summed E-state index contributed by atoms with van der Waals surface area (Å²) in [4.78, 5) is 29.2. The van der Waals surface area contributed by atoms with Gasteiger partial charge in [-0.3, -0.25) is 14.9 Å². The lowest BCUT2D eigenvalue weighted by Gasteiger charge is -2.04. The highest BCUT2D eigenvalue weighted by Crippen LogP contribution is 2.23. The number of halogens is 1. The number of thioether (sulfide) groups is 1. The van der Waals surface area contributed by atoms with Gasteiger partial charge in [-0.05, 0) is 24.3 Å². The topological polar surface area (TPSA) is 101 Å². The van der Waals surface area contributed by atoms with Crippen molar-refractivity contribution >= 4 is 40.1 Å². The summed E-state index contributed by atoms with van der Waals surface area (Å²) in [6.07, 6.45) is 0. The summed E-state index contributed by atoms with van der Waals surface area (Å²) in [6.45, 7) is 0. The Bertz CT molecular complexity index is 895. The number of nitro benzene ring substituents is 1. The van der Waals surface area contributed by atoms with Crippen molar-refractivity contribution in [2.45, 2.75) is 5.16 Å². The third kappa shape index (κ3) is 3.51. The molecule has 0 saturated heterocycles. The Morgan fingerprint density at radius 2 is 2.12 bits per heavy atom. The molecule has 0 aliphatic heterocycles. The molecule has 0 fully saturated rings. The number of hydrogen-bond donors (Lipinski definition) is 2. The number of aromatic amines is 1. The number of aromatic nitrogens is 2. The number of hydrogen-bond acceptors (Lipinski definition) is 5. The molecule has 0 unspecified atom stereocenters. The summed E-state index contributed by atoms with van der Waals surface area (Å²) in [5, 5.41) is 13.8. The number of carbonyl (C=O) groups excluding carboxylic acids is 1. The molecule has 0 saturated carbocycles. The third-order valence-corrected chi connectivity index (χ3v) is 4.01. The minimum Gasteiger partial charge on any atom is -0.333 e. The first-order valence-electron chi connectivity index (χ1n) is 6.84. The van der Waals surface area contributed by atoms with Gasteiger partial charge in [0.05, 0.1) is 21.7 Å². The van der Waals surface area contributed by atoms with Crippen molar-refractivity contribution < 1.29 is 14.1 Å². The van der Waals surface area contributed by atoms with Crippen LogP contribution in [0.15, 0.2) is 47.6 Å². The molecule has 0 aliphatic rings. The van der Waals surface area contributed by atoms with Crippen LogP contribution in [0.1, 0.15) is 0 Å². The summed E-state index contributed by atoms with van der Waals surface area (Å²) in [7, 11) is 0. The summed E-state index contributed by atoms with van der Waals surface area (Å²) in [6, 6.07) is 10.7. The first-order valence-corrected chi connectivity index (χ1v) is 7.83. The van der Waals surface area contributed by atoms with E-state index in [9.17, 15) is 19.3 Å². The normalized spacial score (nSPS) is 10.7. The standard InChI is InChI=1S/C15H11FN4O3S/c16-10-6-5-9(7-13(10)20(22)23)17-14(21)8-24-15-18-11-3-1-2-4-12(11)19-15/h1-7H,8H2,(H,17,21)(H,18,19). The van der Waals surface area contributed by atoms with Crippen molar-refractivity contribution in [2.75, 3.05) is 11.1 Å². The fourth-order valence-corrected chi connectivity index (χ4v) is 2.74. The van der Waals surface area contributed by atoms with E-state index < -0.39 is 16.4 Å². The number of H-pyrrole nitrogens is 1. The largest absolute Gasteiger partial charge is 0.333 e. The van der Waals surface area contributed by atoms with E-state index in [-0.39, 0.29) is 17.3 Å². The average molecular weight is 346 g/mol. The van der Waals surface area contributed by atoms with Crippen LogP contribution in [0.4, 0.5) is 15.8 Å². The van der Waals surface area contributed by atoms with Gasteiger partial charge in [0.2, 0.25) is 11.7 Å². The minimum atomic E-state index is -0.949. The van der Waals surface area contributed by atoms with E-state index in [2.05, 4.69) is 15.3 Å². The highest BCUT2D eigenvalue weighted by Gasteiger charge is 2.15. The lowest BCUT2D eigenvalue weighted by atomic mass is 10.2. The molecule has 7 nitrogen and oxygen atoms in total. The van der Waals surface area contributed by atoms with Gasteiger partial charge in [0, 0.05) is 11.8 Å². The zero-order chi connectivity index (χ0) is 17.1. The predicted octanol–water partition coefficient (Wildman–Crippen LogP) is 3.34.